The molecule has 0 saturated carbocycles. The molecule has 0 bridgehead atoms. The zero-order chi connectivity index (χ0) is 13.4. The van der Waals surface area contributed by atoms with Gasteiger partial charge in [-0.2, -0.15) is 0 Å². The van der Waals surface area contributed by atoms with E-state index >= 15 is 0 Å². The van der Waals surface area contributed by atoms with E-state index in [0.29, 0.717) is 28.2 Å². The Morgan fingerprint density at radius 1 is 1.53 bits per heavy atom. The van der Waals surface area contributed by atoms with E-state index in [1.807, 2.05) is 0 Å². The maximum absolute atomic E-state index is 13.7. The lowest BCUT2D eigenvalue weighted by atomic mass is 10.2. The van der Waals surface area contributed by atoms with Crippen molar-refractivity contribution in [2.45, 2.75) is 12.5 Å². The number of hydrogen-bond donors (Lipinski definition) is 2. The predicted molar refractivity (Wildman–Crippen MR) is 72.9 cm³/mol. The Hall–Kier alpha value is -1.66. The summed E-state index contributed by atoms with van der Waals surface area (Å²) in [4.78, 5) is 12.5. The highest BCUT2D eigenvalue weighted by Gasteiger charge is 2.23. The number of carbonyl (C=O) groups is 1. The average Bonchev–Trinajstić information content (AvgIpc) is 2.98. The van der Waals surface area contributed by atoms with E-state index < -0.39 is 5.82 Å². The minimum atomic E-state index is -0.394. The van der Waals surface area contributed by atoms with Crippen LogP contribution in [0.2, 0.25) is 0 Å². The SMILES string of the molecule is Nc1c(C(=O)NC2CCOC2)sc2cccc(F)c12. The summed E-state index contributed by atoms with van der Waals surface area (Å²) >= 11 is 1.21. The molecule has 3 rings (SSSR count). The molecule has 1 amide bonds. The molecule has 1 aromatic carbocycles. The average molecular weight is 280 g/mol. The summed E-state index contributed by atoms with van der Waals surface area (Å²) < 4.78 is 19.6. The number of benzene rings is 1. The third kappa shape index (κ3) is 2.17. The normalized spacial score (nSPS) is 18.9. The van der Waals surface area contributed by atoms with Gasteiger partial charge < -0.3 is 15.8 Å². The van der Waals surface area contributed by atoms with Crippen molar-refractivity contribution < 1.29 is 13.9 Å². The molecule has 1 aromatic heterocycles. The molecule has 1 unspecified atom stereocenters. The molecule has 2 heterocycles. The standard InChI is InChI=1S/C13H13FN2O2S/c14-8-2-1-3-9-10(8)11(15)12(19-9)13(17)16-7-4-5-18-6-7/h1-3,7H,4-6,15H2,(H,16,17). The maximum Gasteiger partial charge on any atom is 0.263 e. The Bertz CT molecular complexity index is 635. The number of anilines is 1. The van der Waals surface area contributed by atoms with Crippen LogP contribution in [0.1, 0.15) is 16.1 Å². The number of thiophene rings is 1. The summed E-state index contributed by atoms with van der Waals surface area (Å²) in [6.45, 7) is 1.17. The highest BCUT2D eigenvalue weighted by atomic mass is 32.1. The number of fused-ring (bicyclic) bond motifs is 1. The molecule has 0 spiro atoms. The third-order valence-electron chi connectivity index (χ3n) is 3.17. The first-order valence-electron chi connectivity index (χ1n) is 6.02. The van der Waals surface area contributed by atoms with Crippen molar-refractivity contribution in [3.8, 4) is 0 Å². The fourth-order valence-electron chi connectivity index (χ4n) is 2.20. The molecule has 19 heavy (non-hydrogen) atoms. The molecule has 0 aliphatic carbocycles. The van der Waals surface area contributed by atoms with E-state index in [1.54, 1.807) is 12.1 Å². The van der Waals surface area contributed by atoms with Gasteiger partial charge in [0, 0.05) is 11.3 Å². The van der Waals surface area contributed by atoms with Crippen LogP contribution in [0.3, 0.4) is 0 Å². The fourth-order valence-corrected chi connectivity index (χ4v) is 3.24. The summed E-state index contributed by atoms with van der Waals surface area (Å²) in [5.41, 5.74) is 6.11. The monoisotopic (exact) mass is 280 g/mol. The number of rotatable bonds is 2. The zero-order valence-corrected chi connectivity index (χ0v) is 10.9. The molecule has 2 aromatic rings. The zero-order valence-electron chi connectivity index (χ0n) is 10.1. The summed E-state index contributed by atoms with van der Waals surface area (Å²) in [6.07, 6.45) is 0.797. The molecule has 1 fully saturated rings. The summed E-state index contributed by atoms with van der Waals surface area (Å²) in [6, 6.07) is 4.73. The van der Waals surface area contributed by atoms with E-state index in [-0.39, 0.29) is 17.6 Å². The van der Waals surface area contributed by atoms with Crippen molar-refractivity contribution in [1.29, 1.82) is 0 Å². The van der Waals surface area contributed by atoms with E-state index in [1.165, 1.54) is 17.4 Å². The largest absolute Gasteiger partial charge is 0.397 e. The fraction of sp³-hybridized carbons (Fsp3) is 0.308. The van der Waals surface area contributed by atoms with Crippen molar-refractivity contribution in [2.75, 3.05) is 18.9 Å². The van der Waals surface area contributed by atoms with Crippen LogP contribution in [0.5, 0.6) is 0 Å². The second kappa shape index (κ2) is 4.79. The van der Waals surface area contributed by atoms with Gasteiger partial charge in [0.25, 0.3) is 5.91 Å². The van der Waals surface area contributed by atoms with Crippen LogP contribution in [0.15, 0.2) is 18.2 Å². The molecular weight excluding hydrogens is 267 g/mol. The molecule has 1 atom stereocenters. The first-order chi connectivity index (χ1) is 9.16. The molecule has 1 saturated heterocycles. The van der Waals surface area contributed by atoms with Crippen molar-refractivity contribution in [3.05, 3.63) is 28.9 Å². The van der Waals surface area contributed by atoms with Gasteiger partial charge in [0.15, 0.2) is 0 Å². The Morgan fingerprint density at radius 2 is 2.37 bits per heavy atom. The van der Waals surface area contributed by atoms with Crippen LogP contribution in [0.4, 0.5) is 10.1 Å². The van der Waals surface area contributed by atoms with Crippen LogP contribution in [0.25, 0.3) is 10.1 Å². The van der Waals surface area contributed by atoms with Gasteiger partial charge in [-0.1, -0.05) is 6.07 Å². The van der Waals surface area contributed by atoms with Crippen LogP contribution in [0, 0.1) is 5.82 Å². The minimum Gasteiger partial charge on any atom is -0.397 e. The van der Waals surface area contributed by atoms with Gasteiger partial charge in [-0.25, -0.2) is 4.39 Å². The van der Waals surface area contributed by atoms with Gasteiger partial charge in [-0.05, 0) is 18.6 Å². The van der Waals surface area contributed by atoms with Crippen molar-refractivity contribution in [3.63, 3.8) is 0 Å². The number of carbonyl (C=O) groups excluding carboxylic acids is 1. The van der Waals surface area contributed by atoms with E-state index in [4.69, 9.17) is 10.5 Å². The molecule has 6 heteroatoms. The lowest BCUT2D eigenvalue weighted by molar-refractivity contribution is 0.0935. The number of nitrogens with one attached hydrogen (secondary N) is 1. The first-order valence-corrected chi connectivity index (χ1v) is 6.83. The number of amides is 1. The molecular formula is C13H13FN2O2S. The lowest BCUT2D eigenvalue weighted by Gasteiger charge is -2.09. The quantitative estimate of drug-likeness (QED) is 0.886. The van der Waals surface area contributed by atoms with Crippen LogP contribution in [-0.4, -0.2) is 25.2 Å². The Labute approximate surface area is 113 Å². The van der Waals surface area contributed by atoms with Crippen molar-refractivity contribution in [2.24, 2.45) is 0 Å². The van der Waals surface area contributed by atoms with Gasteiger partial charge in [0.2, 0.25) is 0 Å². The van der Waals surface area contributed by atoms with E-state index in [2.05, 4.69) is 5.32 Å². The van der Waals surface area contributed by atoms with Crippen LogP contribution < -0.4 is 11.1 Å². The predicted octanol–water partition coefficient (Wildman–Crippen LogP) is 2.14. The molecule has 4 nitrogen and oxygen atoms in total. The second-order valence-electron chi connectivity index (χ2n) is 4.49. The Balaban J connectivity index is 1.94. The van der Waals surface area contributed by atoms with Crippen LogP contribution in [-0.2, 0) is 4.74 Å². The highest BCUT2D eigenvalue weighted by molar-refractivity contribution is 7.21. The van der Waals surface area contributed by atoms with Crippen molar-refractivity contribution >= 4 is 33.0 Å². The molecule has 1 aliphatic rings. The third-order valence-corrected chi connectivity index (χ3v) is 4.34. The topological polar surface area (TPSA) is 64.4 Å². The molecule has 3 N–H and O–H groups in total. The molecule has 1 aliphatic heterocycles. The van der Waals surface area contributed by atoms with E-state index in [0.717, 1.165) is 6.42 Å². The number of ether oxygens (including phenoxy) is 1. The lowest BCUT2D eigenvalue weighted by Crippen LogP contribution is -2.34. The number of nitrogens with two attached hydrogens (primary N) is 1. The van der Waals surface area contributed by atoms with Crippen LogP contribution >= 0.6 is 11.3 Å². The van der Waals surface area contributed by atoms with Gasteiger partial charge in [0.1, 0.15) is 10.7 Å². The molecule has 100 valence electrons. The number of halogens is 1. The smallest absolute Gasteiger partial charge is 0.263 e. The Morgan fingerprint density at radius 3 is 3.05 bits per heavy atom. The van der Waals surface area contributed by atoms with Gasteiger partial charge in [0.05, 0.1) is 23.7 Å². The van der Waals surface area contributed by atoms with Crippen molar-refractivity contribution in [1.82, 2.24) is 5.32 Å². The second-order valence-corrected chi connectivity index (χ2v) is 5.54. The minimum absolute atomic E-state index is 0.0157. The first kappa shape index (κ1) is 12.4. The summed E-state index contributed by atoms with van der Waals surface area (Å²) in [5, 5.41) is 3.19. The van der Waals surface area contributed by atoms with E-state index in [9.17, 15) is 9.18 Å². The summed E-state index contributed by atoms with van der Waals surface area (Å²) in [5.74, 6) is -0.650. The highest BCUT2D eigenvalue weighted by Crippen LogP contribution is 2.35. The van der Waals surface area contributed by atoms with Gasteiger partial charge >= 0.3 is 0 Å². The summed E-state index contributed by atoms with van der Waals surface area (Å²) in [7, 11) is 0. The van der Waals surface area contributed by atoms with Gasteiger partial charge in [-0.15, -0.1) is 11.3 Å². The van der Waals surface area contributed by atoms with Gasteiger partial charge in [-0.3, -0.25) is 4.79 Å². The Kier molecular flexibility index (Phi) is 3.12. The number of nitrogen functional groups attached to an aromatic ring is 1. The number of hydrogen-bond acceptors (Lipinski definition) is 4. The molecule has 0 radical (unpaired) electrons. The maximum atomic E-state index is 13.7.